The zero-order valence-electron chi connectivity index (χ0n) is 13.7. The molecule has 7 heteroatoms. The smallest absolute Gasteiger partial charge is 0.242 e. The van der Waals surface area contributed by atoms with Crippen LogP contribution in [0.4, 0.5) is 0 Å². The average molecular weight is 330 g/mol. The molecule has 0 atom stereocenters. The minimum Gasteiger partial charge on any atom is -0.491 e. The summed E-state index contributed by atoms with van der Waals surface area (Å²) in [5, 5.41) is 0. The van der Waals surface area contributed by atoms with E-state index in [0.29, 0.717) is 32.1 Å². The van der Waals surface area contributed by atoms with Crippen LogP contribution in [0.5, 0.6) is 5.75 Å². The molecule has 0 aliphatic rings. The Bertz CT molecular complexity index is 555. The highest BCUT2D eigenvalue weighted by Crippen LogP contribution is 2.22. The van der Waals surface area contributed by atoms with Gasteiger partial charge in [-0.25, -0.2) is 12.7 Å². The zero-order valence-corrected chi connectivity index (χ0v) is 14.5. The Morgan fingerprint density at radius 3 is 2.27 bits per heavy atom. The lowest BCUT2D eigenvalue weighted by Crippen LogP contribution is -2.39. The predicted octanol–water partition coefficient (Wildman–Crippen LogP) is 1.32. The summed E-state index contributed by atoms with van der Waals surface area (Å²) >= 11 is 0. The molecule has 0 aliphatic carbocycles. The monoisotopic (exact) mass is 330 g/mol. The van der Waals surface area contributed by atoms with Crippen molar-refractivity contribution in [3.8, 4) is 5.75 Å². The van der Waals surface area contributed by atoms with Gasteiger partial charge in [0.05, 0.1) is 11.5 Å². The van der Waals surface area contributed by atoms with E-state index in [0.717, 1.165) is 0 Å². The highest BCUT2D eigenvalue weighted by atomic mass is 32.2. The lowest BCUT2D eigenvalue weighted by molar-refractivity contribution is 0.146. The van der Waals surface area contributed by atoms with E-state index >= 15 is 0 Å². The Balaban J connectivity index is 2.80. The topological polar surface area (TPSA) is 81.9 Å². The van der Waals surface area contributed by atoms with Crippen molar-refractivity contribution >= 4 is 10.0 Å². The standard InChI is InChI=1S/C15H26N2O4S/c1-15(2,11-16)12-17(3)22(18,19)14-7-5-13(6-8-14)21-10-9-20-4/h5-8H,9-12,16H2,1-4H3. The van der Waals surface area contributed by atoms with E-state index in [-0.39, 0.29) is 10.3 Å². The van der Waals surface area contributed by atoms with Crippen LogP contribution < -0.4 is 10.5 Å². The summed E-state index contributed by atoms with van der Waals surface area (Å²) in [4.78, 5) is 0.238. The van der Waals surface area contributed by atoms with Gasteiger partial charge in [-0.3, -0.25) is 0 Å². The van der Waals surface area contributed by atoms with E-state index in [1.165, 1.54) is 4.31 Å². The number of hydrogen-bond donors (Lipinski definition) is 1. The van der Waals surface area contributed by atoms with Crippen LogP contribution in [0.1, 0.15) is 13.8 Å². The van der Waals surface area contributed by atoms with Gasteiger partial charge in [0.2, 0.25) is 10.0 Å². The second kappa shape index (κ2) is 7.92. The third-order valence-corrected chi connectivity index (χ3v) is 5.11. The van der Waals surface area contributed by atoms with Gasteiger partial charge in [-0.05, 0) is 36.2 Å². The fourth-order valence-corrected chi connectivity index (χ4v) is 3.24. The molecule has 0 amide bonds. The Morgan fingerprint density at radius 1 is 1.18 bits per heavy atom. The number of ether oxygens (including phenoxy) is 2. The molecule has 0 spiro atoms. The van der Waals surface area contributed by atoms with Gasteiger partial charge in [-0.1, -0.05) is 13.8 Å². The van der Waals surface area contributed by atoms with E-state index < -0.39 is 10.0 Å². The van der Waals surface area contributed by atoms with Crippen molar-refractivity contribution in [1.29, 1.82) is 0 Å². The molecule has 0 aromatic heterocycles. The van der Waals surface area contributed by atoms with E-state index in [2.05, 4.69) is 0 Å². The number of nitrogens with two attached hydrogens (primary N) is 1. The van der Waals surface area contributed by atoms with E-state index in [1.54, 1.807) is 38.4 Å². The molecule has 126 valence electrons. The molecule has 6 nitrogen and oxygen atoms in total. The summed E-state index contributed by atoms with van der Waals surface area (Å²) in [5.41, 5.74) is 5.39. The minimum absolute atomic E-state index is 0.238. The maximum atomic E-state index is 12.5. The van der Waals surface area contributed by atoms with Crippen LogP contribution in [0.2, 0.25) is 0 Å². The first kappa shape index (κ1) is 18.9. The minimum atomic E-state index is -3.53. The van der Waals surface area contributed by atoms with E-state index in [4.69, 9.17) is 15.2 Å². The lowest BCUT2D eigenvalue weighted by Gasteiger charge is -2.28. The zero-order chi connectivity index (χ0) is 16.8. The summed E-state index contributed by atoms with van der Waals surface area (Å²) in [6, 6.07) is 6.38. The molecule has 2 N–H and O–H groups in total. The molecule has 0 radical (unpaired) electrons. The number of sulfonamides is 1. The van der Waals surface area contributed by atoms with Crippen LogP contribution in [0.3, 0.4) is 0 Å². The van der Waals surface area contributed by atoms with Gasteiger partial charge in [0.25, 0.3) is 0 Å². The molecule has 0 saturated heterocycles. The Kier molecular flexibility index (Phi) is 6.80. The van der Waals surface area contributed by atoms with Crippen LogP contribution in [0.15, 0.2) is 29.2 Å². The first-order valence-electron chi connectivity index (χ1n) is 7.11. The predicted molar refractivity (Wildman–Crippen MR) is 86.5 cm³/mol. The van der Waals surface area contributed by atoms with Gasteiger partial charge in [0.1, 0.15) is 12.4 Å². The molecule has 0 saturated carbocycles. The second-order valence-electron chi connectivity index (χ2n) is 5.94. The summed E-state index contributed by atoms with van der Waals surface area (Å²) in [7, 11) is -0.367. The van der Waals surface area contributed by atoms with Crippen molar-refractivity contribution in [1.82, 2.24) is 4.31 Å². The van der Waals surface area contributed by atoms with Crippen molar-refractivity contribution in [3.05, 3.63) is 24.3 Å². The first-order chi connectivity index (χ1) is 10.2. The van der Waals surface area contributed by atoms with Crippen molar-refractivity contribution in [3.63, 3.8) is 0 Å². The molecule has 22 heavy (non-hydrogen) atoms. The van der Waals surface area contributed by atoms with Gasteiger partial charge >= 0.3 is 0 Å². The molecule has 0 unspecified atom stereocenters. The number of rotatable bonds is 9. The maximum Gasteiger partial charge on any atom is 0.242 e. The third kappa shape index (κ3) is 5.24. The number of nitrogens with zero attached hydrogens (tertiary/aromatic N) is 1. The summed E-state index contributed by atoms with van der Waals surface area (Å²) in [5.74, 6) is 0.612. The third-order valence-electron chi connectivity index (χ3n) is 3.29. The van der Waals surface area contributed by atoms with Gasteiger partial charge < -0.3 is 15.2 Å². The number of hydrogen-bond acceptors (Lipinski definition) is 5. The fourth-order valence-electron chi connectivity index (χ4n) is 1.88. The normalized spacial score (nSPS) is 12.6. The Labute approximate surface area is 133 Å². The largest absolute Gasteiger partial charge is 0.491 e. The highest BCUT2D eigenvalue weighted by molar-refractivity contribution is 7.89. The van der Waals surface area contributed by atoms with Crippen LogP contribution in [0.25, 0.3) is 0 Å². The molecule has 1 rings (SSSR count). The van der Waals surface area contributed by atoms with Crippen molar-refractivity contribution in [2.24, 2.45) is 11.1 Å². The molecule has 0 fully saturated rings. The molecule has 1 aromatic carbocycles. The number of methoxy groups -OCH3 is 1. The van der Waals surface area contributed by atoms with E-state index in [9.17, 15) is 8.42 Å². The quantitative estimate of drug-likeness (QED) is 0.691. The van der Waals surface area contributed by atoms with Crippen molar-refractivity contribution < 1.29 is 17.9 Å². The molecule has 0 bridgehead atoms. The molecule has 0 heterocycles. The van der Waals surface area contributed by atoms with Gasteiger partial charge in [0.15, 0.2) is 0 Å². The second-order valence-corrected chi connectivity index (χ2v) is 7.99. The van der Waals surface area contributed by atoms with Crippen molar-refractivity contribution in [2.75, 3.05) is 40.5 Å². The molecule has 0 aliphatic heterocycles. The summed E-state index contributed by atoms with van der Waals surface area (Å²) in [6.45, 7) is 5.55. The van der Waals surface area contributed by atoms with Gasteiger partial charge in [-0.2, -0.15) is 0 Å². The highest BCUT2D eigenvalue weighted by Gasteiger charge is 2.27. The van der Waals surface area contributed by atoms with E-state index in [1.807, 2.05) is 13.8 Å². The maximum absolute atomic E-state index is 12.5. The Hall–Kier alpha value is -1.15. The SMILES string of the molecule is COCCOc1ccc(S(=O)(=O)N(C)CC(C)(C)CN)cc1. The number of benzene rings is 1. The van der Waals surface area contributed by atoms with Gasteiger partial charge in [0, 0.05) is 20.7 Å². The molecule has 1 aromatic rings. The average Bonchev–Trinajstić information content (AvgIpc) is 2.47. The molecular formula is C15H26N2O4S. The fraction of sp³-hybridized carbons (Fsp3) is 0.600. The summed E-state index contributed by atoms with van der Waals surface area (Å²) < 4.78 is 36.7. The van der Waals surface area contributed by atoms with Crippen molar-refractivity contribution in [2.45, 2.75) is 18.7 Å². The molecular weight excluding hydrogens is 304 g/mol. The Morgan fingerprint density at radius 2 is 1.77 bits per heavy atom. The van der Waals surface area contributed by atoms with Crippen LogP contribution in [-0.4, -0.2) is 53.2 Å². The van der Waals surface area contributed by atoms with Crippen LogP contribution >= 0.6 is 0 Å². The first-order valence-corrected chi connectivity index (χ1v) is 8.55. The van der Waals surface area contributed by atoms with Crippen LogP contribution in [-0.2, 0) is 14.8 Å². The van der Waals surface area contributed by atoms with Crippen LogP contribution in [0, 0.1) is 5.41 Å². The van der Waals surface area contributed by atoms with Gasteiger partial charge in [-0.15, -0.1) is 0 Å². The lowest BCUT2D eigenvalue weighted by atomic mass is 9.94. The summed E-state index contributed by atoms with van der Waals surface area (Å²) in [6.07, 6.45) is 0.